The molecule has 1 fully saturated rings. The lowest BCUT2D eigenvalue weighted by Gasteiger charge is -2.29. The van der Waals surface area contributed by atoms with Crippen LogP contribution in [-0.4, -0.2) is 43.0 Å². The van der Waals surface area contributed by atoms with Crippen molar-refractivity contribution < 1.29 is 14.3 Å². The molecule has 0 atom stereocenters. The Kier molecular flexibility index (Phi) is 4.12. The molecule has 1 aromatic carbocycles. The van der Waals surface area contributed by atoms with Crippen LogP contribution in [0.15, 0.2) is 28.9 Å². The van der Waals surface area contributed by atoms with E-state index in [-0.39, 0.29) is 10.7 Å². The van der Waals surface area contributed by atoms with E-state index in [9.17, 15) is 9.59 Å². The summed E-state index contributed by atoms with van der Waals surface area (Å²) in [4.78, 5) is 28.1. The minimum absolute atomic E-state index is 0.0405. The van der Waals surface area contributed by atoms with Gasteiger partial charge in [0, 0.05) is 18.1 Å². The molecule has 2 amide bonds. The number of carbonyl (C=O) groups is 2. The van der Waals surface area contributed by atoms with Gasteiger partial charge in [0.15, 0.2) is 0 Å². The van der Waals surface area contributed by atoms with Gasteiger partial charge in [0.1, 0.15) is 10.7 Å². The number of halogens is 2. The average Bonchev–Trinajstić information content (AvgIpc) is 2.71. The maximum absolute atomic E-state index is 12.7. The maximum atomic E-state index is 12.7. The Balaban J connectivity index is 1.96. The first-order chi connectivity index (χ1) is 10.5. The molecule has 2 heterocycles. The molecule has 0 bridgehead atoms. The molecule has 1 saturated heterocycles. The molecule has 3 rings (SSSR count). The summed E-state index contributed by atoms with van der Waals surface area (Å²) in [6.07, 6.45) is 0. The molecule has 0 N–H and O–H groups in total. The number of imide groups is 1. The lowest BCUT2D eigenvalue weighted by Crippen LogP contribution is -2.40. The number of morpholine rings is 1. The van der Waals surface area contributed by atoms with Gasteiger partial charge in [0.2, 0.25) is 0 Å². The number of benzene rings is 1. The van der Waals surface area contributed by atoms with E-state index < -0.39 is 11.8 Å². The molecule has 5 nitrogen and oxygen atoms in total. The number of nitrogens with zero attached hydrogens (tertiary/aromatic N) is 2. The van der Waals surface area contributed by atoms with Gasteiger partial charge in [0.05, 0.1) is 18.9 Å². The Labute approximate surface area is 138 Å². The van der Waals surface area contributed by atoms with Gasteiger partial charge in [0.25, 0.3) is 11.8 Å². The predicted octanol–water partition coefficient (Wildman–Crippen LogP) is 2.30. The predicted molar refractivity (Wildman–Crippen MR) is 84.0 cm³/mol. The fraction of sp³-hybridized carbons (Fsp3) is 0.333. The van der Waals surface area contributed by atoms with E-state index in [1.165, 1.54) is 0 Å². The third-order valence-electron chi connectivity index (χ3n) is 3.73. The third-order valence-corrected chi connectivity index (χ3v) is 4.31. The highest BCUT2D eigenvalue weighted by Gasteiger charge is 2.42. The van der Waals surface area contributed by atoms with Crippen LogP contribution in [0.4, 0.5) is 5.69 Å². The van der Waals surface area contributed by atoms with Crippen LogP contribution >= 0.6 is 23.2 Å². The van der Waals surface area contributed by atoms with Crippen LogP contribution in [-0.2, 0) is 14.3 Å². The van der Waals surface area contributed by atoms with Gasteiger partial charge in [-0.25, -0.2) is 4.90 Å². The van der Waals surface area contributed by atoms with Gasteiger partial charge >= 0.3 is 0 Å². The number of hydrogen-bond donors (Lipinski definition) is 0. The molecule has 0 unspecified atom stereocenters. The van der Waals surface area contributed by atoms with Crippen LogP contribution in [0.25, 0.3) is 0 Å². The van der Waals surface area contributed by atoms with Crippen molar-refractivity contribution in [1.29, 1.82) is 0 Å². The number of hydrogen-bond acceptors (Lipinski definition) is 4. The number of carbonyl (C=O) groups excluding carboxylic acids is 2. The Hall–Kier alpha value is -1.56. The smallest absolute Gasteiger partial charge is 0.283 e. The molecular formula is C15H14Cl2N2O3. The van der Waals surface area contributed by atoms with Crippen LogP contribution < -0.4 is 4.90 Å². The van der Waals surface area contributed by atoms with E-state index in [0.717, 1.165) is 10.5 Å². The zero-order chi connectivity index (χ0) is 15.9. The first-order valence-electron chi connectivity index (χ1n) is 6.88. The largest absolute Gasteiger partial charge is 0.378 e. The summed E-state index contributed by atoms with van der Waals surface area (Å²) in [6.45, 7) is 3.89. The fourth-order valence-electron chi connectivity index (χ4n) is 2.64. The summed E-state index contributed by atoms with van der Waals surface area (Å²) in [5, 5.41) is 0.508. The Bertz CT molecular complexity index is 681. The third kappa shape index (κ3) is 2.49. The van der Waals surface area contributed by atoms with Crippen molar-refractivity contribution in [2.75, 3.05) is 31.2 Å². The Morgan fingerprint density at radius 3 is 2.41 bits per heavy atom. The molecule has 0 saturated carbocycles. The number of rotatable bonds is 2. The van der Waals surface area contributed by atoms with Crippen LogP contribution in [0.3, 0.4) is 0 Å². The van der Waals surface area contributed by atoms with Gasteiger partial charge in [-0.2, -0.15) is 0 Å². The standard InChI is InChI=1S/C15H14Cl2N2O3/c1-9-8-10(16)2-3-11(9)19-14(20)12(17)13(15(19)21)18-4-6-22-7-5-18/h2-3,8H,4-7H2,1H3. The SMILES string of the molecule is Cc1cc(Cl)ccc1N1C(=O)C(Cl)=C(N2CCOCC2)C1=O. The monoisotopic (exact) mass is 340 g/mol. The molecule has 0 radical (unpaired) electrons. The van der Waals surface area contributed by atoms with E-state index >= 15 is 0 Å². The highest BCUT2D eigenvalue weighted by molar-refractivity contribution is 6.52. The number of aryl methyl sites for hydroxylation is 1. The first-order valence-corrected chi connectivity index (χ1v) is 7.63. The van der Waals surface area contributed by atoms with Crippen LogP contribution in [0, 0.1) is 6.92 Å². The Morgan fingerprint density at radius 1 is 1.09 bits per heavy atom. The van der Waals surface area contributed by atoms with Crippen molar-refractivity contribution in [2.24, 2.45) is 0 Å². The zero-order valence-electron chi connectivity index (χ0n) is 11.9. The second kappa shape index (κ2) is 5.91. The van der Waals surface area contributed by atoms with E-state index in [2.05, 4.69) is 0 Å². The van der Waals surface area contributed by atoms with Gasteiger partial charge in [-0.05, 0) is 30.7 Å². The number of ether oxygens (including phenoxy) is 1. The summed E-state index contributed by atoms with van der Waals surface area (Å²) >= 11 is 12.1. The summed E-state index contributed by atoms with van der Waals surface area (Å²) in [5.41, 5.74) is 1.49. The van der Waals surface area contributed by atoms with Gasteiger partial charge in [-0.3, -0.25) is 9.59 Å². The van der Waals surface area contributed by atoms with E-state index in [4.69, 9.17) is 27.9 Å². The quantitative estimate of drug-likeness (QED) is 0.775. The lowest BCUT2D eigenvalue weighted by molar-refractivity contribution is -0.121. The summed E-state index contributed by atoms with van der Waals surface area (Å²) < 4.78 is 5.27. The normalized spacial score (nSPS) is 19.4. The molecular weight excluding hydrogens is 327 g/mol. The zero-order valence-corrected chi connectivity index (χ0v) is 13.4. The van der Waals surface area contributed by atoms with Gasteiger partial charge < -0.3 is 9.64 Å². The molecule has 22 heavy (non-hydrogen) atoms. The first kappa shape index (κ1) is 15.3. The second-order valence-electron chi connectivity index (χ2n) is 5.14. The van der Waals surface area contributed by atoms with E-state index in [0.29, 0.717) is 37.0 Å². The highest BCUT2D eigenvalue weighted by atomic mass is 35.5. The number of amides is 2. The topological polar surface area (TPSA) is 49.9 Å². The molecule has 2 aliphatic rings. The van der Waals surface area contributed by atoms with Crippen molar-refractivity contribution in [1.82, 2.24) is 4.90 Å². The van der Waals surface area contributed by atoms with Crippen molar-refractivity contribution in [2.45, 2.75) is 6.92 Å². The maximum Gasteiger partial charge on any atom is 0.283 e. The van der Waals surface area contributed by atoms with Gasteiger partial charge in [-0.1, -0.05) is 23.2 Å². The van der Waals surface area contributed by atoms with Crippen LogP contribution in [0.2, 0.25) is 5.02 Å². The lowest BCUT2D eigenvalue weighted by atomic mass is 10.2. The average molecular weight is 341 g/mol. The fourth-order valence-corrected chi connectivity index (χ4v) is 3.15. The minimum atomic E-state index is -0.501. The van der Waals surface area contributed by atoms with Crippen molar-refractivity contribution in [3.05, 3.63) is 39.5 Å². The van der Waals surface area contributed by atoms with Gasteiger partial charge in [-0.15, -0.1) is 0 Å². The van der Waals surface area contributed by atoms with Crippen molar-refractivity contribution in [3.63, 3.8) is 0 Å². The summed E-state index contributed by atoms with van der Waals surface area (Å²) in [7, 11) is 0. The molecule has 1 aromatic rings. The van der Waals surface area contributed by atoms with Crippen LogP contribution in [0.5, 0.6) is 0 Å². The summed E-state index contributed by atoms with van der Waals surface area (Å²) in [6, 6.07) is 5.00. The molecule has 116 valence electrons. The van der Waals surface area contributed by atoms with E-state index in [1.54, 1.807) is 30.0 Å². The number of anilines is 1. The Morgan fingerprint density at radius 2 is 1.77 bits per heavy atom. The van der Waals surface area contributed by atoms with E-state index in [1.807, 2.05) is 0 Å². The molecule has 0 aliphatic carbocycles. The van der Waals surface area contributed by atoms with Crippen molar-refractivity contribution in [3.8, 4) is 0 Å². The highest BCUT2D eigenvalue weighted by Crippen LogP contribution is 2.33. The molecule has 7 heteroatoms. The molecule has 2 aliphatic heterocycles. The minimum Gasteiger partial charge on any atom is -0.378 e. The molecule has 0 spiro atoms. The summed E-state index contributed by atoms with van der Waals surface area (Å²) in [5.74, 6) is -0.902. The van der Waals surface area contributed by atoms with Crippen LogP contribution in [0.1, 0.15) is 5.56 Å². The van der Waals surface area contributed by atoms with Crippen molar-refractivity contribution >= 4 is 40.7 Å². The second-order valence-corrected chi connectivity index (χ2v) is 5.95. The molecule has 0 aromatic heterocycles.